The van der Waals surface area contributed by atoms with Crippen LogP contribution in [0.3, 0.4) is 0 Å². The number of carboxylic acid groups (broad SMARTS) is 1. The van der Waals surface area contributed by atoms with Crippen LogP contribution >= 0.6 is 0 Å². The van der Waals surface area contributed by atoms with Crippen molar-refractivity contribution in [3.8, 4) is 11.3 Å². The Morgan fingerprint density at radius 3 is 2.24 bits per heavy atom. The predicted octanol–water partition coefficient (Wildman–Crippen LogP) is 7.40. The molecule has 2 fully saturated rings. The molecule has 2 N–H and O–H groups in total. The molecule has 272 valence electrons. The zero-order chi connectivity index (χ0) is 36.4. The summed E-state index contributed by atoms with van der Waals surface area (Å²) in [7, 11) is 0. The molecule has 7 nitrogen and oxygen atoms in total. The first-order valence-electron chi connectivity index (χ1n) is 17.2. The van der Waals surface area contributed by atoms with E-state index >= 15 is 0 Å². The van der Waals surface area contributed by atoms with Crippen LogP contribution in [0.15, 0.2) is 66.9 Å². The van der Waals surface area contributed by atoms with E-state index in [4.69, 9.17) is 4.98 Å². The molecule has 0 aliphatic carbocycles. The van der Waals surface area contributed by atoms with Gasteiger partial charge in [-0.25, -0.2) is 4.79 Å². The second kappa shape index (κ2) is 14.8. The largest absolute Gasteiger partial charge is 0.480 e. The summed E-state index contributed by atoms with van der Waals surface area (Å²) < 4.78 is 81.9. The summed E-state index contributed by atoms with van der Waals surface area (Å²) in [6.07, 6.45) is -5.52. The number of carboxylic acids is 1. The van der Waals surface area contributed by atoms with Gasteiger partial charge in [0.1, 0.15) is 11.5 Å². The molecule has 0 unspecified atom stereocenters. The van der Waals surface area contributed by atoms with E-state index in [2.05, 4.69) is 28.4 Å². The first kappa shape index (κ1) is 36.6. The quantitative estimate of drug-likeness (QED) is 0.167. The average Bonchev–Trinajstić information content (AvgIpc) is 3.09. The highest BCUT2D eigenvalue weighted by molar-refractivity contribution is 6.05. The normalized spacial score (nSPS) is 18.2. The van der Waals surface area contributed by atoms with Gasteiger partial charge in [-0.3, -0.25) is 14.7 Å². The van der Waals surface area contributed by atoms with Crippen molar-refractivity contribution < 1.29 is 41.0 Å². The van der Waals surface area contributed by atoms with E-state index in [1.54, 1.807) is 24.4 Å². The predicted molar refractivity (Wildman–Crippen MR) is 182 cm³/mol. The van der Waals surface area contributed by atoms with Crippen LogP contribution in [0.4, 0.5) is 26.3 Å². The number of amides is 1. The Hall–Kier alpha value is -4.23. The SMILES string of the molecule is O=C(O)[C@H](Cc1cccc2c(-c3nccc4ccc(CCN5CCCCC5)cc34)cccc12)NC(=O)C1(C(F)(F)F)CCN(CC(F)(F)F)CC1. The molecule has 1 atom stereocenters. The molecular formula is C38H40F6N4O3. The molecule has 0 radical (unpaired) electrons. The molecule has 1 aromatic heterocycles. The molecule has 0 spiro atoms. The number of piperidine rings is 2. The highest BCUT2D eigenvalue weighted by atomic mass is 19.4. The van der Waals surface area contributed by atoms with Crippen molar-refractivity contribution in [2.75, 3.05) is 39.3 Å². The minimum Gasteiger partial charge on any atom is -0.480 e. The number of benzene rings is 3. The standard InChI is InChI=1S/C38H40F6N4O3/c39-37(40,41)24-48-20-14-36(15-21-48,38(42,43)44)35(51)46-32(34(49)50)23-27-6-4-8-29-28(27)7-5-9-30(29)33-31-22-25(10-11-26(31)12-16-45-33)13-19-47-17-2-1-3-18-47/h4-12,16,22,32H,1-3,13-15,17-21,23-24H2,(H,46,51)(H,49,50)/t32-/m0/s1. The number of alkyl halides is 6. The molecule has 3 aromatic carbocycles. The Morgan fingerprint density at radius 2 is 1.55 bits per heavy atom. The fraction of sp³-hybridized carbons (Fsp3) is 0.447. The summed E-state index contributed by atoms with van der Waals surface area (Å²) in [6.45, 7) is 0.575. The third-order valence-corrected chi connectivity index (χ3v) is 10.4. The van der Waals surface area contributed by atoms with Crippen molar-refractivity contribution in [2.45, 2.75) is 63.3 Å². The second-order valence-electron chi connectivity index (χ2n) is 13.7. The van der Waals surface area contributed by atoms with Crippen LogP contribution in [0.25, 0.3) is 32.8 Å². The van der Waals surface area contributed by atoms with Gasteiger partial charge >= 0.3 is 18.3 Å². The molecule has 3 heterocycles. The van der Waals surface area contributed by atoms with Gasteiger partial charge in [0.2, 0.25) is 5.91 Å². The van der Waals surface area contributed by atoms with E-state index in [-0.39, 0.29) is 6.42 Å². The zero-order valence-corrected chi connectivity index (χ0v) is 28.0. The lowest BCUT2D eigenvalue weighted by Gasteiger charge is -2.42. The molecule has 2 aliphatic rings. The number of aromatic nitrogens is 1. The van der Waals surface area contributed by atoms with Gasteiger partial charge in [0, 0.05) is 30.1 Å². The summed E-state index contributed by atoms with van der Waals surface area (Å²) in [5.41, 5.74) is 0.200. The van der Waals surface area contributed by atoms with Crippen LogP contribution in [0.1, 0.15) is 43.2 Å². The molecule has 2 saturated heterocycles. The van der Waals surface area contributed by atoms with E-state index in [9.17, 15) is 41.0 Å². The van der Waals surface area contributed by atoms with Crippen molar-refractivity contribution in [1.82, 2.24) is 20.1 Å². The molecule has 6 rings (SSSR count). The van der Waals surface area contributed by atoms with Crippen molar-refractivity contribution in [3.63, 3.8) is 0 Å². The zero-order valence-electron chi connectivity index (χ0n) is 28.0. The smallest absolute Gasteiger partial charge is 0.403 e. The van der Waals surface area contributed by atoms with Gasteiger partial charge in [0.15, 0.2) is 0 Å². The van der Waals surface area contributed by atoms with Crippen LogP contribution < -0.4 is 5.32 Å². The number of hydrogen-bond donors (Lipinski definition) is 2. The number of hydrogen-bond acceptors (Lipinski definition) is 5. The summed E-state index contributed by atoms with van der Waals surface area (Å²) in [6, 6.07) is 17.4. The van der Waals surface area contributed by atoms with Crippen LogP contribution in [-0.2, 0) is 22.4 Å². The Bertz CT molecular complexity index is 1880. The number of likely N-dealkylation sites (tertiary alicyclic amines) is 2. The molecule has 2 aliphatic heterocycles. The summed E-state index contributed by atoms with van der Waals surface area (Å²) in [4.78, 5) is 33.8. The van der Waals surface area contributed by atoms with Gasteiger partial charge < -0.3 is 15.3 Å². The van der Waals surface area contributed by atoms with Gasteiger partial charge in [-0.15, -0.1) is 0 Å². The minimum atomic E-state index is -5.10. The maximum Gasteiger partial charge on any atom is 0.403 e. The molecular weight excluding hydrogens is 674 g/mol. The molecule has 51 heavy (non-hydrogen) atoms. The topological polar surface area (TPSA) is 85.8 Å². The lowest BCUT2D eigenvalue weighted by atomic mass is 9.76. The number of carbonyl (C=O) groups excluding carboxylic acids is 1. The maximum atomic E-state index is 14.4. The second-order valence-corrected chi connectivity index (χ2v) is 13.7. The van der Waals surface area contributed by atoms with Gasteiger partial charge in [-0.1, -0.05) is 55.0 Å². The Kier molecular flexibility index (Phi) is 10.6. The number of fused-ring (bicyclic) bond motifs is 2. The third-order valence-electron chi connectivity index (χ3n) is 10.4. The van der Waals surface area contributed by atoms with Gasteiger partial charge in [-0.2, -0.15) is 26.3 Å². The fourth-order valence-electron chi connectivity index (χ4n) is 7.52. The number of rotatable bonds is 10. The highest BCUT2D eigenvalue weighted by Gasteiger charge is 2.61. The average molecular weight is 715 g/mol. The van der Waals surface area contributed by atoms with Gasteiger partial charge in [0.05, 0.1) is 12.2 Å². The number of halogens is 6. The third kappa shape index (κ3) is 8.14. The highest BCUT2D eigenvalue weighted by Crippen LogP contribution is 2.47. The molecule has 13 heteroatoms. The molecule has 0 saturated carbocycles. The number of nitrogens with one attached hydrogen (secondary N) is 1. The number of aliphatic carboxylic acids is 1. The molecule has 4 aromatic rings. The molecule has 0 bridgehead atoms. The monoisotopic (exact) mass is 714 g/mol. The van der Waals surface area contributed by atoms with Crippen LogP contribution in [0, 0.1) is 5.41 Å². The fourth-order valence-corrected chi connectivity index (χ4v) is 7.52. The van der Waals surface area contributed by atoms with Crippen molar-refractivity contribution in [3.05, 3.63) is 78.0 Å². The van der Waals surface area contributed by atoms with E-state index < -0.39 is 68.2 Å². The Balaban J connectivity index is 1.26. The Morgan fingerprint density at radius 1 is 0.843 bits per heavy atom. The van der Waals surface area contributed by atoms with E-state index in [0.29, 0.717) is 10.9 Å². The van der Waals surface area contributed by atoms with Crippen molar-refractivity contribution >= 4 is 33.4 Å². The maximum absolute atomic E-state index is 14.4. The summed E-state index contributed by atoms with van der Waals surface area (Å²) >= 11 is 0. The first-order chi connectivity index (χ1) is 24.2. The first-order valence-corrected chi connectivity index (χ1v) is 17.2. The van der Waals surface area contributed by atoms with Gasteiger partial charge in [-0.05, 0) is 97.7 Å². The Labute approximate surface area is 291 Å². The van der Waals surface area contributed by atoms with Crippen LogP contribution in [-0.4, -0.2) is 89.4 Å². The lowest BCUT2D eigenvalue weighted by molar-refractivity contribution is -0.236. The number of pyridine rings is 1. The lowest BCUT2D eigenvalue weighted by Crippen LogP contribution is -2.59. The number of carbonyl (C=O) groups is 2. The minimum absolute atomic E-state index is 0.320. The van der Waals surface area contributed by atoms with Crippen molar-refractivity contribution in [2.24, 2.45) is 5.41 Å². The van der Waals surface area contributed by atoms with Crippen LogP contribution in [0.5, 0.6) is 0 Å². The summed E-state index contributed by atoms with van der Waals surface area (Å²) in [5, 5.41) is 15.6. The van der Waals surface area contributed by atoms with Crippen molar-refractivity contribution in [1.29, 1.82) is 0 Å². The molecule has 1 amide bonds. The van der Waals surface area contributed by atoms with Gasteiger partial charge in [0.25, 0.3) is 0 Å². The van der Waals surface area contributed by atoms with E-state index in [1.165, 1.54) is 24.8 Å². The summed E-state index contributed by atoms with van der Waals surface area (Å²) in [5.74, 6) is -3.08. The van der Waals surface area contributed by atoms with E-state index in [0.717, 1.165) is 58.4 Å². The van der Waals surface area contributed by atoms with Crippen LogP contribution in [0.2, 0.25) is 0 Å². The van der Waals surface area contributed by atoms with E-state index in [1.807, 2.05) is 24.3 Å². The number of nitrogens with zero attached hydrogens (tertiary/aromatic N) is 3.